The van der Waals surface area contributed by atoms with Crippen molar-refractivity contribution in [1.82, 2.24) is 4.98 Å². The van der Waals surface area contributed by atoms with Crippen molar-refractivity contribution in [2.24, 2.45) is 0 Å². The Hall–Kier alpha value is -2.71. The number of aromatic nitrogens is 1. The van der Waals surface area contributed by atoms with Crippen molar-refractivity contribution in [1.29, 1.82) is 0 Å². The molecule has 0 fully saturated rings. The minimum absolute atomic E-state index is 0.0402. The fourth-order valence-electron chi connectivity index (χ4n) is 2.23. The number of ether oxygens (including phenoxy) is 2. The van der Waals surface area contributed by atoms with Crippen molar-refractivity contribution >= 4 is 45.2 Å². The third-order valence-corrected chi connectivity index (χ3v) is 5.34. The van der Waals surface area contributed by atoms with Crippen molar-refractivity contribution in [2.45, 2.75) is 19.4 Å². The minimum Gasteiger partial charge on any atom is -0.497 e. The second-order valence-electron chi connectivity index (χ2n) is 5.56. The normalized spacial score (nSPS) is 10.4. The SMILES string of the molecule is COc1ccc(Nc2nc(COC(=O)CCC(=O)c3cccs3)cs2)cc1. The lowest BCUT2D eigenvalue weighted by molar-refractivity contribution is -0.145. The number of nitrogens with one attached hydrogen (secondary N) is 1. The maximum absolute atomic E-state index is 11.9. The van der Waals surface area contributed by atoms with Crippen LogP contribution >= 0.6 is 22.7 Å². The van der Waals surface area contributed by atoms with Gasteiger partial charge >= 0.3 is 5.97 Å². The number of nitrogens with zero attached hydrogens (tertiary/aromatic N) is 1. The topological polar surface area (TPSA) is 77.5 Å². The number of carbonyl (C=O) groups excluding carboxylic acids is 2. The molecule has 0 atom stereocenters. The molecule has 0 amide bonds. The first kappa shape index (κ1) is 19.1. The van der Waals surface area contributed by atoms with Gasteiger partial charge in [0, 0.05) is 17.5 Å². The average molecular weight is 402 g/mol. The summed E-state index contributed by atoms with van der Waals surface area (Å²) in [7, 11) is 1.62. The van der Waals surface area contributed by atoms with Gasteiger partial charge in [0.25, 0.3) is 0 Å². The number of anilines is 2. The molecule has 0 aliphatic carbocycles. The molecule has 27 heavy (non-hydrogen) atoms. The van der Waals surface area contributed by atoms with Crippen molar-refractivity contribution in [3.05, 3.63) is 57.7 Å². The Bertz CT molecular complexity index is 889. The number of carbonyl (C=O) groups is 2. The molecule has 0 bridgehead atoms. The van der Waals surface area contributed by atoms with Crippen LogP contribution in [0.5, 0.6) is 5.75 Å². The molecule has 1 aromatic carbocycles. The summed E-state index contributed by atoms with van der Waals surface area (Å²) in [5, 5.41) is 7.56. The van der Waals surface area contributed by atoms with Gasteiger partial charge in [0.15, 0.2) is 10.9 Å². The van der Waals surface area contributed by atoms with E-state index >= 15 is 0 Å². The Labute approximate surface area is 164 Å². The van der Waals surface area contributed by atoms with Crippen LogP contribution in [-0.2, 0) is 16.1 Å². The highest BCUT2D eigenvalue weighted by Crippen LogP contribution is 2.23. The summed E-state index contributed by atoms with van der Waals surface area (Å²) in [4.78, 5) is 28.8. The van der Waals surface area contributed by atoms with E-state index in [-0.39, 0.29) is 25.2 Å². The Morgan fingerprint density at radius 3 is 2.63 bits per heavy atom. The molecule has 0 spiro atoms. The van der Waals surface area contributed by atoms with E-state index in [1.807, 2.05) is 41.1 Å². The molecule has 0 saturated heterocycles. The molecule has 0 radical (unpaired) electrons. The molecule has 0 aliphatic rings. The predicted molar refractivity (Wildman–Crippen MR) is 106 cm³/mol. The van der Waals surface area contributed by atoms with Gasteiger partial charge in [0.2, 0.25) is 0 Å². The Morgan fingerprint density at radius 1 is 1.11 bits per heavy atom. The van der Waals surface area contributed by atoms with E-state index in [1.54, 1.807) is 13.2 Å². The summed E-state index contributed by atoms with van der Waals surface area (Å²) in [5.41, 5.74) is 1.55. The first-order valence-electron chi connectivity index (χ1n) is 8.22. The second kappa shape index (κ2) is 9.29. The van der Waals surface area contributed by atoms with Gasteiger partial charge in [-0.2, -0.15) is 0 Å². The quantitative estimate of drug-likeness (QED) is 0.414. The van der Waals surface area contributed by atoms with Gasteiger partial charge in [-0.05, 0) is 35.7 Å². The largest absolute Gasteiger partial charge is 0.497 e. The molecule has 0 aliphatic heterocycles. The van der Waals surface area contributed by atoms with Crippen molar-refractivity contribution in [3.8, 4) is 5.75 Å². The zero-order valence-corrected chi connectivity index (χ0v) is 16.3. The van der Waals surface area contributed by atoms with Crippen LogP contribution in [-0.4, -0.2) is 23.8 Å². The molecule has 6 nitrogen and oxygen atoms in total. The van der Waals surface area contributed by atoms with Gasteiger partial charge in [-0.15, -0.1) is 22.7 Å². The lowest BCUT2D eigenvalue weighted by Crippen LogP contribution is -2.07. The van der Waals surface area contributed by atoms with Crippen LogP contribution in [0.2, 0.25) is 0 Å². The summed E-state index contributed by atoms with van der Waals surface area (Å²) in [6.07, 6.45) is 0.221. The zero-order valence-electron chi connectivity index (χ0n) is 14.6. The van der Waals surface area contributed by atoms with E-state index in [1.165, 1.54) is 22.7 Å². The highest BCUT2D eigenvalue weighted by molar-refractivity contribution is 7.13. The lowest BCUT2D eigenvalue weighted by atomic mass is 10.2. The van der Waals surface area contributed by atoms with Crippen LogP contribution in [0.15, 0.2) is 47.2 Å². The van der Waals surface area contributed by atoms with Crippen LogP contribution in [0.3, 0.4) is 0 Å². The Balaban J connectivity index is 1.43. The first-order chi connectivity index (χ1) is 13.1. The second-order valence-corrected chi connectivity index (χ2v) is 7.36. The summed E-state index contributed by atoms with van der Waals surface area (Å²) in [5.74, 6) is 0.337. The van der Waals surface area contributed by atoms with E-state index in [0.717, 1.165) is 11.4 Å². The van der Waals surface area contributed by atoms with Crippen molar-refractivity contribution in [3.63, 3.8) is 0 Å². The number of rotatable bonds is 9. The van der Waals surface area contributed by atoms with E-state index in [2.05, 4.69) is 10.3 Å². The molecule has 3 rings (SSSR count). The minimum atomic E-state index is -0.405. The van der Waals surface area contributed by atoms with Crippen molar-refractivity contribution in [2.75, 3.05) is 12.4 Å². The molecule has 8 heteroatoms. The number of ketones is 1. The highest BCUT2D eigenvalue weighted by atomic mass is 32.1. The lowest BCUT2D eigenvalue weighted by Gasteiger charge is -2.04. The fourth-order valence-corrected chi connectivity index (χ4v) is 3.64. The molecule has 140 valence electrons. The number of thiazole rings is 1. The van der Waals surface area contributed by atoms with Crippen LogP contribution in [0.25, 0.3) is 0 Å². The molecular weight excluding hydrogens is 384 g/mol. The van der Waals surface area contributed by atoms with Crippen LogP contribution in [0.4, 0.5) is 10.8 Å². The van der Waals surface area contributed by atoms with Gasteiger partial charge in [0.05, 0.1) is 24.1 Å². The number of hydrogen-bond donors (Lipinski definition) is 1. The van der Waals surface area contributed by atoms with E-state index in [4.69, 9.17) is 9.47 Å². The molecule has 1 N–H and O–H groups in total. The summed E-state index contributed by atoms with van der Waals surface area (Å²) in [6, 6.07) is 11.1. The fraction of sp³-hybridized carbons (Fsp3) is 0.211. The third kappa shape index (κ3) is 5.63. The molecule has 0 unspecified atom stereocenters. The average Bonchev–Trinajstić information content (AvgIpc) is 3.37. The molecule has 2 heterocycles. The predicted octanol–water partition coefficient (Wildman–Crippen LogP) is 4.66. The summed E-state index contributed by atoms with van der Waals surface area (Å²) in [6.45, 7) is 0.0901. The molecule has 0 saturated carbocycles. The number of hydrogen-bond acceptors (Lipinski definition) is 8. The first-order valence-corrected chi connectivity index (χ1v) is 9.98. The van der Waals surface area contributed by atoms with Crippen molar-refractivity contribution < 1.29 is 19.1 Å². The van der Waals surface area contributed by atoms with E-state index in [9.17, 15) is 9.59 Å². The highest BCUT2D eigenvalue weighted by Gasteiger charge is 2.12. The van der Waals surface area contributed by atoms with E-state index < -0.39 is 5.97 Å². The van der Waals surface area contributed by atoms with Gasteiger partial charge in [0.1, 0.15) is 12.4 Å². The maximum Gasteiger partial charge on any atom is 0.306 e. The molecule has 3 aromatic rings. The number of esters is 1. The Kier molecular flexibility index (Phi) is 6.56. The van der Waals surface area contributed by atoms with Crippen LogP contribution < -0.4 is 10.1 Å². The van der Waals surface area contributed by atoms with Gasteiger partial charge in [-0.1, -0.05) is 6.07 Å². The smallest absolute Gasteiger partial charge is 0.306 e. The standard InChI is InChI=1S/C19H18N2O4S2/c1-24-15-6-4-13(5-7-15)20-19-21-14(12-27-19)11-25-18(23)9-8-16(22)17-3-2-10-26-17/h2-7,10,12H,8-9,11H2,1H3,(H,20,21). The molecular formula is C19H18N2O4S2. The number of methoxy groups -OCH3 is 1. The Morgan fingerprint density at radius 2 is 1.93 bits per heavy atom. The van der Waals surface area contributed by atoms with Crippen LogP contribution in [0, 0.1) is 0 Å². The number of benzene rings is 1. The van der Waals surface area contributed by atoms with Crippen LogP contribution in [0.1, 0.15) is 28.2 Å². The number of Topliss-reactive ketones (excluding diaryl/α,β-unsaturated/α-hetero) is 1. The summed E-state index contributed by atoms with van der Waals surface area (Å²) >= 11 is 2.80. The van der Waals surface area contributed by atoms with Gasteiger partial charge in [-0.3, -0.25) is 9.59 Å². The summed E-state index contributed by atoms with van der Waals surface area (Å²) < 4.78 is 10.3. The number of thiophene rings is 1. The third-order valence-electron chi connectivity index (χ3n) is 3.63. The monoisotopic (exact) mass is 402 g/mol. The van der Waals surface area contributed by atoms with E-state index in [0.29, 0.717) is 15.7 Å². The zero-order chi connectivity index (χ0) is 19.1. The maximum atomic E-state index is 11.9. The van der Waals surface area contributed by atoms with Gasteiger partial charge in [-0.25, -0.2) is 4.98 Å². The molecule has 2 aromatic heterocycles. The van der Waals surface area contributed by atoms with Gasteiger partial charge < -0.3 is 14.8 Å².